The number of aliphatic hydroxyl groups excluding tert-OH is 1. The molecule has 0 bridgehead atoms. The number of rotatable bonds is 7. The summed E-state index contributed by atoms with van der Waals surface area (Å²) in [6.07, 6.45) is -5.64. The maximum atomic E-state index is 12.1. The summed E-state index contributed by atoms with van der Waals surface area (Å²) in [6.45, 7) is 1.26. The van der Waals surface area contributed by atoms with Crippen molar-refractivity contribution in [1.82, 2.24) is 5.32 Å². The number of hydrogen-bond acceptors (Lipinski definition) is 4. The Labute approximate surface area is 109 Å². The molecule has 19 heavy (non-hydrogen) atoms. The van der Waals surface area contributed by atoms with Crippen LogP contribution in [0.5, 0.6) is 5.75 Å². The molecular formula is C12H16F3NO3. The van der Waals surface area contributed by atoms with E-state index in [1.165, 1.54) is 18.2 Å². The number of methoxy groups -OCH3 is 1. The molecule has 1 atom stereocenters. The van der Waals surface area contributed by atoms with Crippen molar-refractivity contribution in [2.24, 2.45) is 0 Å². The first-order chi connectivity index (χ1) is 8.92. The van der Waals surface area contributed by atoms with Gasteiger partial charge in [0, 0.05) is 20.2 Å². The highest BCUT2D eigenvalue weighted by atomic mass is 19.4. The van der Waals surface area contributed by atoms with Gasteiger partial charge >= 0.3 is 6.36 Å². The summed E-state index contributed by atoms with van der Waals surface area (Å²) in [7, 11) is 1.55. The number of nitrogens with one attached hydrogen (secondary N) is 1. The first kappa shape index (κ1) is 15.7. The van der Waals surface area contributed by atoms with Crippen LogP contribution in [-0.2, 0) is 4.74 Å². The average Bonchev–Trinajstić information content (AvgIpc) is 2.32. The van der Waals surface area contributed by atoms with Crippen LogP contribution in [0, 0.1) is 0 Å². The van der Waals surface area contributed by atoms with E-state index in [-0.39, 0.29) is 12.3 Å². The number of halogens is 3. The average molecular weight is 279 g/mol. The Morgan fingerprint density at radius 3 is 2.74 bits per heavy atom. The Morgan fingerprint density at radius 1 is 1.37 bits per heavy atom. The van der Waals surface area contributed by atoms with Gasteiger partial charge in [0.05, 0.1) is 12.7 Å². The molecule has 0 heterocycles. The predicted molar refractivity (Wildman–Crippen MR) is 62.8 cm³/mol. The molecular weight excluding hydrogens is 263 g/mol. The van der Waals surface area contributed by atoms with E-state index in [0.717, 1.165) is 6.07 Å². The molecule has 4 nitrogen and oxygen atoms in total. The standard InChI is InChI=1S/C12H16F3NO3/c1-18-6-5-16-8-11(17)9-3-2-4-10(7-9)19-12(13,14)15/h2-4,7,11,16-17H,5-6,8H2,1H3. The molecule has 1 aromatic carbocycles. The highest BCUT2D eigenvalue weighted by molar-refractivity contribution is 5.30. The molecule has 2 N–H and O–H groups in total. The minimum Gasteiger partial charge on any atom is -0.406 e. The number of hydrogen-bond donors (Lipinski definition) is 2. The van der Waals surface area contributed by atoms with Gasteiger partial charge in [0.1, 0.15) is 5.75 Å². The fourth-order valence-corrected chi connectivity index (χ4v) is 1.45. The summed E-state index contributed by atoms with van der Waals surface area (Å²) < 4.78 is 44.8. The molecule has 7 heteroatoms. The second-order valence-corrected chi connectivity index (χ2v) is 3.83. The first-order valence-corrected chi connectivity index (χ1v) is 5.66. The second kappa shape index (κ2) is 7.32. The largest absolute Gasteiger partial charge is 0.573 e. The smallest absolute Gasteiger partial charge is 0.406 e. The topological polar surface area (TPSA) is 50.7 Å². The van der Waals surface area contributed by atoms with Gasteiger partial charge in [-0.05, 0) is 17.7 Å². The van der Waals surface area contributed by atoms with Crippen molar-refractivity contribution >= 4 is 0 Å². The van der Waals surface area contributed by atoms with Crippen LogP contribution in [0.1, 0.15) is 11.7 Å². The Kier molecular flexibility index (Phi) is 6.07. The van der Waals surface area contributed by atoms with E-state index in [2.05, 4.69) is 10.1 Å². The number of aliphatic hydroxyl groups is 1. The molecule has 108 valence electrons. The minimum atomic E-state index is -4.74. The molecule has 0 fully saturated rings. The van der Waals surface area contributed by atoms with Gasteiger partial charge in [-0.1, -0.05) is 12.1 Å². The van der Waals surface area contributed by atoms with Crippen LogP contribution in [-0.4, -0.2) is 38.3 Å². The Hall–Kier alpha value is -1.31. The van der Waals surface area contributed by atoms with E-state index in [9.17, 15) is 18.3 Å². The van der Waals surface area contributed by atoms with Crippen LogP contribution in [0.25, 0.3) is 0 Å². The molecule has 1 rings (SSSR count). The van der Waals surface area contributed by atoms with Gasteiger partial charge in [0.2, 0.25) is 0 Å². The molecule has 0 radical (unpaired) electrons. The summed E-state index contributed by atoms with van der Waals surface area (Å²) >= 11 is 0. The van der Waals surface area contributed by atoms with Crippen LogP contribution in [0.2, 0.25) is 0 Å². The van der Waals surface area contributed by atoms with Crippen LogP contribution in [0.3, 0.4) is 0 Å². The van der Waals surface area contributed by atoms with Gasteiger partial charge in [-0.2, -0.15) is 0 Å². The van der Waals surface area contributed by atoms with Gasteiger partial charge < -0.3 is 19.9 Å². The summed E-state index contributed by atoms with van der Waals surface area (Å²) in [5, 5.41) is 12.7. The van der Waals surface area contributed by atoms with Gasteiger partial charge in [0.15, 0.2) is 0 Å². The van der Waals surface area contributed by atoms with E-state index < -0.39 is 12.5 Å². The number of benzene rings is 1. The highest BCUT2D eigenvalue weighted by Gasteiger charge is 2.31. The lowest BCUT2D eigenvalue weighted by Crippen LogP contribution is -2.25. The van der Waals surface area contributed by atoms with Gasteiger partial charge in [0.25, 0.3) is 0 Å². The first-order valence-electron chi connectivity index (χ1n) is 5.66. The lowest BCUT2D eigenvalue weighted by Gasteiger charge is -2.14. The SMILES string of the molecule is COCCNCC(O)c1cccc(OC(F)(F)F)c1. The highest BCUT2D eigenvalue weighted by Crippen LogP contribution is 2.25. The molecule has 0 aliphatic heterocycles. The van der Waals surface area contributed by atoms with E-state index in [0.29, 0.717) is 18.7 Å². The summed E-state index contributed by atoms with van der Waals surface area (Å²) in [5.74, 6) is -0.346. The Morgan fingerprint density at radius 2 is 2.11 bits per heavy atom. The second-order valence-electron chi connectivity index (χ2n) is 3.83. The fraction of sp³-hybridized carbons (Fsp3) is 0.500. The van der Waals surface area contributed by atoms with Gasteiger partial charge in [-0.3, -0.25) is 0 Å². The molecule has 0 aliphatic carbocycles. The maximum absolute atomic E-state index is 12.1. The van der Waals surface area contributed by atoms with Gasteiger partial charge in [-0.25, -0.2) is 0 Å². The van der Waals surface area contributed by atoms with Gasteiger partial charge in [-0.15, -0.1) is 13.2 Å². The third-order valence-corrected chi connectivity index (χ3v) is 2.30. The van der Waals surface area contributed by atoms with Crippen LogP contribution >= 0.6 is 0 Å². The third kappa shape index (κ3) is 6.42. The lowest BCUT2D eigenvalue weighted by molar-refractivity contribution is -0.274. The zero-order chi connectivity index (χ0) is 14.3. The normalized spacial score (nSPS) is 13.3. The summed E-state index contributed by atoms with van der Waals surface area (Å²) in [6, 6.07) is 5.28. The molecule has 1 unspecified atom stereocenters. The van der Waals surface area contributed by atoms with Crippen molar-refractivity contribution in [3.63, 3.8) is 0 Å². The molecule has 0 amide bonds. The van der Waals surface area contributed by atoms with Crippen molar-refractivity contribution < 1.29 is 27.8 Å². The molecule has 0 saturated heterocycles. The molecule has 0 saturated carbocycles. The van der Waals surface area contributed by atoms with E-state index in [1.54, 1.807) is 7.11 Å². The van der Waals surface area contributed by atoms with Crippen molar-refractivity contribution in [2.45, 2.75) is 12.5 Å². The Bertz CT molecular complexity index is 385. The minimum absolute atomic E-state index is 0.221. The van der Waals surface area contributed by atoms with Crippen molar-refractivity contribution in [1.29, 1.82) is 0 Å². The molecule has 1 aromatic rings. The molecule has 0 spiro atoms. The predicted octanol–water partition coefficient (Wildman–Crippen LogP) is 1.85. The Balaban J connectivity index is 2.55. The number of ether oxygens (including phenoxy) is 2. The lowest BCUT2D eigenvalue weighted by atomic mass is 10.1. The van der Waals surface area contributed by atoms with Crippen LogP contribution < -0.4 is 10.1 Å². The fourth-order valence-electron chi connectivity index (χ4n) is 1.45. The van der Waals surface area contributed by atoms with Crippen LogP contribution in [0.4, 0.5) is 13.2 Å². The van der Waals surface area contributed by atoms with E-state index in [4.69, 9.17) is 4.74 Å². The van der Waals surface area contributed by atoms with E-state index in [1.807, 2.05) is 0 Å². The van der Waals surface area contributed by atoms with Crippen molar-refractivity contribution in [3.05, 3.63) is 29.8 Å². The number of alkyl halides is 3. The summed E-state index contributed by atoms with van der Waals surface area (Å²) in [4.78, 5) is 0. The zero-order valence-electron chi connectivity index (χ0n) is 10.4. The van der Waals surface area contributed by atoms with E-state index >= 15 is 0 Å². The maximum Gasteiger partial charge on any atom is 0.573 e. The van der Waals surface area contributed by atoms with Crippen molar-refractivity contribution in [2.75, 3.05) is 26.8 Å². The quantitative estimate of drug-likeness (QED) is 0.748. The molecule has 0 aliphatic rings. The van der Waals surface area contributed by atoms with Crippen molar-refractivity contribution in [3.8, 4) is 5.75 Å². The monoisotopic (exact) mass is 279 g/mol. The van der Waals surface area contributed by atoms with Crippen LogP contribution in [0.15, 0.2) is 24.3 Å². The summed E-state index contributed by atoms with van der Waals surface area (Å²) in [5.41, 5.74) is 0.353. The molecule has 0 aromatic heterocycles. The zero-order valence-corrected chi connectivity index (χ0v) is 10.4. The third-order valence-electron chi connectivity index (χ3n) is 2.30.